The van der Waals surface area contributed by atoms with E-state index < -0.39 is 12.0 Å². The van der Waals surface area contributed by atoms with Crippen LogP contribution >= 0.6 is 0 Å². The Bertz CT molecular complexity index is 1170. The second-order valence-corrected chi connectivity index (χ2v) is 7.60. The van der Waals surface area contributed by atoms with Crippen molar-refractivity contribution in [3.8, 4) is 5.88 Å². The van der Waals surface area contributed by atoms with Gasteiger partial charge in [-0.25, -0.2) is 29.7 Å². The summed E-state index contributed by atoms with van der Waals surface area (Å²) in [5, 5.41) is 8.37. The first kappa shape index (κ1) is 20.7. The lowest BCUT2D eigenvalue weighted by molar-refractivity contribution is -0.00353. The molecule has 12 nitrogen and oxygen atoms in total. The molecule has 0 radical (unpaired) electrons. The van der Waals surface area contributed by atoms with Crippen molar-refractivity contribution in [3.05, 3.63) is 54.6 Å². The third-order valence-corrected chi connectivity index (χ3v) is 5.00. The van der Waals surface area contributed by atoms with Crippen molar-refractivity contribution in [2.24, 2.45) is 0 Å². The summed E-state index contributed by atoms with van der Waals surface area (Å²) in [4.78, 5) is 46.1. The van der Waals surface area contributed by atoms with Crippen LogP contribution in [0, 0.1) is 0 Å². The number of anilines is 3. The van der Waals surface area contributed by atoms with Gasteiger partial charge in [0.2, 0.25) is 0 Å². The fourth-order valence-electron chi connectivity index (χ4n) is 3.10. The predicted molar refractivity (Wildman–Crippen MR) is 115 cm³/mol. The Kier molecular flexibility index (Phi) is 5.72. The Hall–Kier alpha value is -4.19. The first-order valence-corrected chi connectivity index (χ1v) is 10.4. The van der Waals surface area contributed by atoms with E-state index in [-0.39, 0.29) is 29.1 Å². The van der Waals surface area contributed by atoms with Crippen molar-refractivity contribution in [2.45, 2.75) is 24.8 Å². The minimum atomic E-state index is -0.835. The summed E-state index contributed by atoms with van der Waals surface area (Å²) in [5.74, 6) is 0.128. The van der Waals surface area contributed by atoms with Gasteiger partial charge >= 0.3 is 6.09 Å². The molecule has 3 aromatic rings. The molecule has 0 bridgehead atoms. The van der Waals surface area contributed by atoms with Crippen LogP contribution in [0.1, 0.15) is 34.9 Å². The smallest absolute Gasteiger partial charge is 0.387 e. The summed E-state index contributed by atoms with van der Waals surface area (Å²) in [7, 11) is 0. The van der Waals surface area contributed by atoms with E-state index in [1.165, 1.54) is 12.5 Å². The van der Waals surface area contributed by atoms with Gasteiger partial charge in [0.05, 0.1) is 54.9 Å². The number of hydrogen-bond acceptors (Lipinski definition) is 10. The van der Waals surface area contributed by atoms with Crippen molar-refractivity contribution < 1.29 is 19.1 Å². The number of carbonyl (C=O) groups is 2. The second kappa shape index (κ2) is 9.12. The average molecular weight is 448 g/mol. The van der Waals surface area contributed by atoms with E-state index in [4.69, 9.17) is 9.47 Å². The van der Waals surface area contributed by atoms with Crippen molar-refractivity contribution in [3.63, 3.8) is 0 Å². The van der Waals surface area contributed by atoms with E-state index in [1.54, 1.807) is 30.7 Å². The van der Waals surface area contributed by atoms with Crippen LogP contribution in [0.15, 0.2) is 43.2 Å². The molecule has 5 rings (SSSR count). The maximum atomic E-state index is 12.7. The number of aromatic nitrogens is 5. The third-order valence-electron chi connectivity index (χ3n) is 5.00. The molecule has 12 heteroatoms. The van der Waals surface area contributed by atoms with Crippen molar-refractivity contribution in [1.82, 2.24) is 30.2 Å². The van der Waals surface area contributed by atoms with Crippen LogP contribution in [0.3, 0.4) is 0 Å². The van der Waals surface area contributed by atoms with Crippen LogP contribution in [-0.4, -0.2) is 56.2 Å². The average Bonchev–Trinajstić information content (AvgIpc) is 3.64. The zero-order chi connectivity index (χ0) is 22.6. The van der Waals surface area contributed by atoms with Gasteiger partial charge in [-0.15, -0.1) is 0 Å². The Balaban J connectivity index is 1.33. The topological polar surface area (TPSA) is 153 Å². The lowest BCUT2D eigenvalue weighted by Gasteiger charge is -2.26. The number of pyridine rings is 1. The molecule has 2 fully saturated rings. The summed E-state index contributed by atoms with van der Waals surface area (Å²) >= 11 is 0. The van der Waals surface area contributed by atoms with Crippen LogP contribution in [0.5, 0.6) is 5.88 Å². The van der Waals surface area contributed by atoms with Crippen LogP contribution in [0.25, 0.3) is 0 Å². The van der Waals surface area contributed by atoms with Gasteiger partial charge in [0.15, 0.2) is 11.5 Å². The number of rotatable bonds is 7. The van der Waals surface area contributed by atoms with Gasteiger partial charge in [0, 0.05) is 12.1 Å². The highest BCUT2D eigenvalue weighted by Crippen LogP contribution is 2.40. The molecule has 3 N–H and O–H groups in total. The molecule has 2 aliphatic rings. The molecule has 2 amide bonds. The highest BCUT2D eigenvalue weighted by Gasteiger charge is 2.28. The summed E-state index contributed by atoms with van der Waals surface area (Å²) < 4.78 is 10.5. The zero-order valence-electron chi connectivity index (χ0n) is 17.4. The number of hydrogen-bond donors (Lipinski definition) is 3. The lowest BCUT2D eigenvalue weighted by Crippen LogP contribution is -2.48. The summed E-state index contributed by atoms with van der Waals surface area (Å²) in [6.45, 7) is 0.892. The zero-order valence-corrected chi connectivity index (χ0v) is 17.4. The normalized spacial score (nSPS) is 15.3. The molecular weight excluding hydrogens is 428 g/mol. The monoisotopic (exact) mass is 448 g/mol. The van der Waals surface area contributed by atoms with Crippen LogP contribution in [0.2, 0.25) is 0 Å². The minimum absolute atomic E-state index is 0.00209. The number of ether oxygens (including phenoxy) is 2. The molecule has 1 saturated carbocycles. The minimum Gasteiger partial charge on any atom is -0.387 e. The van der Waals surface area contributed by atoms with Gasteiger partial charge in [0.1, 0.15) is 6.33 Å². The Morgan fingerprint density at radius 1 is 1.09 bits per heavy atom. The molecule has 33 heavy (non-hydrogen) atoms. The van der Waals surface area contributed by atoms with E-state index >= 15 is 0 Å². The molecule has 0 aromatic carbocycles. The first-order chi connectivity index (χ1) is 16.2. The van der Waals surface area contributed by atoms with E-state index in [0.29, 0.717) is 24.8 Å². The largest absolute Gasteiger partial charge is 0.418 e. The van der Waals surface area contributed by atoms with Crippen LogP contribution < -0.4 is 20.7 Å². The lowest BCUT2D eigenvalue weighted by atomic mass is 10.2. The quantitative estimate of drug-likeness (QED) is 0.489. The molecule has 1 aliphatic heterocycles. The number of nitrogens with zero attached hydrogens (tertiary/aromatic N) is 5. The van der Waals surface area contributed by atoms with E-state index in [2.05, 4.69) is 40.9 Å². The summed E-state index contributed by atoms with van der Waals surface area (Å²) in [5.41, 5.74) is 1.58. The highest BCUT2D eigenvalue weighted by atomic mass is 16.6. The maximum Gasteiger partial charge on any atom is 0.418 e. The fraction of sp³-hybridized carbons (Fsp3) is 0.286. The molecule has 4 heterocycles. The third kappa shape index (κ3) is 5.01. The van der Waals surface area contributed by atoms with Crippen molar-refractivity contribution in [1.29, 1.82) is 0 Å². The van der Waals surface area contributed by atoms with E-state index in [9.17, 15) is 9.59 Å². The van der Waals surface area contributed by atoms with E-state index in [1.807, 2.05) is 0 Å². The van der Waals surface area contributed by atoms with Gasteiger partial charge in [-0.3, -0.25) is 10.1 Å². The van der Waals surface area contributed by atoms with Crippen LogP contribution in [0.4, 0.5) is 22.0 Å². The molecule has 0 spiro atoms. The Morgan fingerprint density at radius 2 is 1.91 bits per heavy atom. The van der Waals surface area contributed by atoms with Gasteiger partial charge in [-0.1, -0.05) is 0 Å². The standard InChI is InChI=1S/C21H20N8O4/c30-19(27-14-9-32-10-14)17-15(2-1-5-24-17)29-21(31)33-20-18(26-13-6-22-11-23-7-13)25-8-16(28-20)12-3-4-12/h1-2,5-8,11-12,14H,3-4,9-10H2,(H,25,26)(H,27,30)(H,29,31). The van der Waals surface area contributed by atoms with Crippen molar-refractivity contribution >= 4 is 29.2 Å². The summed E-state index contributed by atoms with van der Waals surface area (Å²) in [6.07, 6.45) is 8.83. The first-order valence-electron chi connectivity index (χ1n) is 10.4. The molecule has 3 aromatic heterocycles. The SMILES string of the molecule is O=C(Nc1cccnc1C(=O)NC1COC1)Oc1nc(C2CC2)cnc1Nc1cncnc1. The van der Waals surface area contributed by atoms with Gasteiger partial charge in [-0.2, -0.15) is 0 Å². The second-order valence-electron chi connectivity index (χ2n) is 7.60. The molecule has 1 aliphatic carbocycles. The highest BCUT2D eigenvalue weighted by molar-refractivity contribution is 6.01. The fourth-order valence-corrected chi connectivity index (χ4v) is 3.10. The Morgan fingerprint density at radius 3 is 2.64 bits per heavy atom. The van der Waals surface area contributed by atoms with Crippen molar-refractivity contribution in [2.75, 3.05) is 23.8 Å². The van der Waals surface area contributed by atoms with Crippen LogP contribution in [-0.2, 0) is 4.74 Å². The molecular formula is C21H20N8O4. The summed E-state index contributed by atoms with van der Waals surface area (Å²) in [6, 6.07) is 3.09. The Labute approximate surface area is 188 Å². The molecule has 0 unspecified atom stereocenters. The number of amides is 2. The number of carbonyl (C=O) groups excluding carboxylic acids is 2. The van der Waals surface area contributed by atoms with Gasteiger partial charge in [-0.05, 0) is 25.0 Å². The molecule has 0 atom stereocenters. The maximum absolute atomic E-state index is 12.7. The van der Waals surface area contributed by atoms with Gasteiger partial charge < -0.3 is 20.1 Å². The van der Waals surface area contributed by atoms with Gasteiger partial charge in [0.25, 0.3) is 11.8 Å². The molecule has 168 valence electrons. The predicted octanol–water partition coefficient (Wildman–Crippen LogP) is 2.02. The number of nitrogens with one attached hydrogen (secondary N) is 3. The molecule has 1 saturated heterocycles. The van der Waals surface area contributed by atoms with E-state index in [0.717, 1.165) is 18.5 Å².